The Morgan fingerprint density at radius 2 is 2.28 bits per heavy atom. The van der Waals surface area contributed by atoms with E-state index >= 15 is 0 Å². The molecule has 1 atom stereocenters. The van der Waals surface area contributed by atoms with Crippen LogP contribution in [0.2, 0.25) is 0 Å². The van der Waals surface area contributed by atoms with E-state index in [9.17, 15) is 9.18 Å². The maximum absolute atomic E-state index is 13.5. The summed E-state index contributed by atoms with van der Waals surface area (Å²) in [4.78, 5) is 14.5. The van der Waals surface area contributed by atoms with E-state index in [1.165, 1.54) is 6.07 Å². The van der Waals surface area contributed by atoms with E-state index in [0.29, 0.717) is 17.9 Å². The fourth-order valence-corrected chi connectivity index (χ4v) is 3.07. The van der Waals surface area contributed by atoms with E-state index in [2.05, 4.69) is 34.4 Å². The van der Waals surface area contributed by atoms with Crippen LogP contribution < -0.4 is 10.1 Å². The van der Waals surface area contributed by atoms with Gasteiger partial charge in [0.15, 0.2) is 11.6 Å². The molecule has 2 heterocycles. The van der Waals surface area contributed by atoms with Crippen LogP contribution in [0.4, 0.5) is 4.39 Å². The third kappa shape index (κ3) is 4.36. The van der Waals surface area contributed by atoms with Crippen molar-refractivity contribution >= 4 is 5.91 Å². The second-order valence-corrected chi connectivity index (χ2v) is 6.98. The van der Waals surface area contributed by atoms with Gasteiger partial charge in [-0.25, -0.2) is 4.39 Å². The smallest absolute Gasteiger partial charge is 0.271 e. The quantitative estimate of drug-likeness (QED) is 0.841. The minimum atomic E-state index is -0.422. The van der Waals surface area contributed by atoms with Crippen LogP contribution in [-0.2, 0) is 6.61 Å². The highest BCUT2D eigenvalue weighted by molar-refractivity contribution is 5.92. The predicted molar refractivity (Wildman–Crippen MR) is 91.9 cm³/mol. The zero-order chi connectivity index (χ0) is 17.9. The molecular formula is C18H23FN4O2. The molecule has 1 amide bonds. The van der Waals surface area contributed by atoms with Gasteiger partial charge in [0, 0.05) is 13.1 Å². The van der Waals surface area contributed by atoms with Crippen molar-refractivity contribution < 1.29 is 13.9 Å². The lowest BCUT2D eigenvalue weighted by atomic mass is 9.90. The lowest BCUT2D eigenvalue weighted by molar-refractivity contribution is 0.0930. The Labute approximate surface area is 146 Å². The van der Waals surface area contributed by atoms with Gasteiger partial charge >= 0.3 is 0 Å². The number of nitrogens with zero attached hydrogens (tertiary/aromatic N) is 2. The van der Waals surface area contributed by atoms with Crippen molar-refractivity contribution in [1.82, 2.24) is 20.4 Å². The first-order chi connectivity index (χ1) is 12.0. The highest BCUT2D eigenvalue weighted by Crippen LogP contribution is 2.27. The summed E-state index contributed by atoms with van der Waals surface area (Å²) in [7, 11) is 2.09. The lowest BCUT2D eigenvalue weighted by Crippen LogP contribution is -2.37. The summed E-state index contributed by atoms with van der Waals surface area (Å²) in [6.07, 6.45) is 1.06. The molecular weight excluding hydrogens is 323 g/mol. The van der Waals surface area contributed by atoms with Gasteiger partial charge in [-0.15, -0.1) is 0 Å². The summed E-state index contributed by atoms with van der Waals surface area (Å²) < 4.78 is 18.9. The zero-order valence-corrected chi connectivity index (χ0v) is 14.5. The topological polar surface area (TPSA) is 70.2 Å². The third-order valence-electron chi connectivity index (χ3n) is 4.51. The number of H-pyrrole nitrogens is 1. The Morgan fingerprint density at radius 1 is 1.48 bits per heavy atom. The van der Waals surface area contributed by atoms with Gasteiger partial charge in [0.1, 0.15) is 12.3 Å². The molecule has 1 saturated heterocycles. The Kier molecular flexibility index (Phi) is 5.03. The van der Waals surface area contributed by atoms with E-state index in [-0.39, 0.29) is 23.7 Å². The van der Waals surface area contributed by atoms with Gasteiger partial charge in [-0.1, -0.05) is 19.1 Å². The van der Waals surface area contributed by atoms with Crippen LogP contribution in [0.15, 0.2) is 30.3 Å². The SMILES string of the molecule is CN1CCC(C)(CNC(=O)c2cc(COc3ccccc3F)[nH]n2)C1. The molecule has 6 nitrogen and oxygen atoms in total. The van der Waals surface area contributed by atoms with Gasteiger partial charge < -0.3 is 15.0 Å². The molecule has 2 aromatic rings. The minimum Gasteiger partial charge on any atom is -0.484 e. The Balaban J connectivity index is 1.52. The van der Waals surface area contributed by atoms with Crippen molar-refractivity contribution in [2.45, 2.75) is 20.0 Å². The van der Waals surface area contributed by atoms with Gasteiger partial charge in [0.25, 0.3) is 5.91 Å². The molecule has 134 valence electrons. The fourth-order valence-electron chi connectivity index (χ4n) is 3.07. The molecule has 0 bridgehead atoms. The van der Waals surface area contributed by atoms with Crippen molar-refractivity contribution in [2.24, 2.45) is 5.41 Å². The maximum atomic E-state index is 13.5. The molecule has 1 aliphatic heterocycles. The van der Waals surface area contributed by atoms with Crippen molar-refractivity contribution in [1.29, 1.82) is 0 Å². The van der Waals surface area contributed by atoms with Crippen molar-refractivity contribution in [3.63, 3.8) is 0 Å². The van der Waals surface area contributed by atoms with E-state index in [0.717, 1.165) is 19.5 Å². The summed E-state index contributed by atoms with van der Waals surface area (Å²) in [5, 5.41) is 9.72. The monoisotopic (exact) mass is 346 g/mol. The molecule has 1 fully saturated rings. The number of nitrogens with one attached hydrogen (secondary N) is 2. The molecule has 0 saturated carbocycles. The van der Waals surface area contributed by atoms with Gasteiger partial charge in [-0.3, -0.25) is 9.89 Å². The second kappa shape index (κ2) is 7.23. The summed E-state index contributed by atoms with van der Waals surface area (Å²) in [6.45, 7) is 4.92. The highest BCUT2D eigenvalue weighted by atomic mass is 19.1. The Hall–Kier alpha value is -2.41. The molecule has 1 aromatic carbocycles. The molecule has 1 aromatic heterocycles. The number of rotatable bonds is 6. The number of aromatic amines is 1. The van der Waals surface area contributed by atoms with Crippen molar-refractivity contribution in [3.05, 3.63) is 47.5 Å². The van der Waals surface area contributed by atoms with E-state index in [1.54, 1.807) is 24.3 Å². The van der Waals surface area contributed by atoms with Crippen LogP contribution in [0.5, 0.6) is 5.75 Å². The number of likely N-dealkylation sites (tertiary alicyclic amines) is 1. The van der Waals surface area contributed by atoms with E-state index in [4.69, 9.17) is 4.74 Å². The molecule has 2 N–H and O–H groups in total. The largest absolute Gasteiger partial charge is 0.484 e. The van der Waals surface area contributed by atoms with Crippen LogP contribution in [-0.4, -0.2) is 47.7 Å². The minimum absolute atomic E-state index is 0.0947. The molecule has 7 heteroatoms. The lowest BCUT2D eigenvalue weighted by Gasteiger charge is -2.23. The van der Waals surface area contributed by atoms with E-state index in [1.807, 2.05) is 0 Å². The van der Waals surface area contributed by atoms with Crippen LogP contribution in [0.1, 0.15) is 29.5 Å². The molecule has 0 aliphatic carbocycles. The van der Waals surface area contributed by atoms with Gasteiger partial charge in [0.2, 0.25) is 0 Å². The number of para-hydroxylation sites is 1. The molecule has 3 rings (SSSR count). The number of halogens is 1. The summed E-state index contributed by atoms with van der Waals surface area (Å²) >= 11 is 0. The standard InChI is InChI=1S/C18H23FN4O2/c1-18(7-8-23(2)12-18)11-20-17(24)15-9-13(21-22-15)10-25-16-6-4-3-5-14(16)19/h3-6,9H,7-8,10-12H2,1-2H3,(H,20,24)(H,21,22). The van der Waals surface area contributed by atoms with E-state index < -0.39 is 5.82 Å². The average Bonchev–Trinajstić information content (AvgIpc) is 3.19. The number of amides is 1. The van der Waals surface area contributed by atoms with Crippen LogP contribution in [0.25, 0.3) is 0 Å². The first-order valence-electron chi connectivity index (χ1n) is 8.34. The van der Waals surface area contributed by atoms with Gasteiger partial charge in [-0.05, 0) is 43.6 Å². The number of ether oxygens (including phenoxy) is 1. The zero-order valence-electron chi connectivity index (χ0n) is 14.5. The van der Waals surface area contributed by atoms with Crippen LogP contribution in [0, 0.1) is 11.2 Å². The maximum Gasteiger partial charge on any atom is 0.271 e. The molecule has 0 radical (unpaired) electrons. The van der Waals surface area contributed by atoms with Crippen LogP contribution >= 0.6 is 0 Å². The number of carbonyl (C=O) groups excluding carboxylic acids is 1. The highest BCUT2D eigenvalue weighted by Gasteiger charge is 2.32. The molecule has 25 heavy (non-hydrogen) atoms. The number of carbonyl (C=O) groups is 1. The molecule has 1 unspecified atom stereocenters. The third-order valence-corrected chi connectivity index (χ3v) is 4.51. The van der Waals surface area contributed by atoms with Crippen molar-refractivity contribution in [2.75, 3.05) is 26.7 Å². The first kappa shape index (κ1) is 17.4. The Morgan fingerprint density at radius 3 is 3.00 bits per heavy atom. The predicted octanol–water partition coefficient (Wildman–Crippen LogP) is 2.20. The van der Waals surface area contributed by atoms with Crippen LogP contribution in [0.3, 0.4) is 0 Å². The van der Waals surface area contributed by atoms with Gasteiger partial charge in [0.05, 0.1) is 5.69 Å². The summed E-state index contributed by atoms with van der Waals surface area (Å²) in [5.41, 5.74) is 1.01. The van der Waals surface area contributed by atoms with Gasteiger partial charge in [-0.2, -0.15) is 5.10 Å². The number of aromatic nitrogens is 2. The average molecular weight is 346 g/mol. The summed E-state index contributed by atoms with van der Waals surface area (Å²) in [6, 6.07) is 7.81. The molecule has 1 aliphatic rings. The fraction of sp³-hybridized carbons (Fsp3) is 0.444. The first-order valence-corrected chi connectivity index (χ1v) is 8.34. The number of benzene rings is 1. The Bertz CT molecular complexity index is 748. The summed E-state index contributed by atoms with van der Waals surface area (Å²) in [5.74, 6) is -0.472. The second-order valence-electron chi connectivity index (χ2n) is 6.98. The number of hydrogen-bond donors (Lipinski definition) is 2. The number of hydrogen-bond acceptors (Lipinski definition) is 4. The normalized spacial score (nSPS) is 20.6. The molecule has 0 spiro atoms. The van der Waals surface area contributed by atoms with Crippen molar-refractivity contribution in [3.8, 4) is 5.75 Å².